The molecule has 2 atom stereocenters. The summed E-state index contributed by atoms with van der Waals surface area (Å²) in [5.41, 5.74) is -0.176. The quantitative estimate of drug-likeness (QED) is 0.761. The molecule has 0 aromatic heterocycles. The molecule has 0 bridgehead atoms. The average Bonchev–Trinajstić information content (AvgIpc) is 2.60. The van der Waals surface area contributed by atoms with Crippen molar-refractivity contribution >= 4 is 18.0 Å². The van der Waals surface area contributed by atoms with E-state index in [2.05, 4.69) is 10.1 Å². The maximum Gasteiger partial charge on any atom is 0.410 e. The molecule has 0 heterocycles. The largest absolute Gasteiger partial charge is 0.497 e. The van der Waals surface area contributed by atoms with Crippen molar-refractivity contribution in [2.75, 3.05) is 21.3 Å². The molecule has 8 nitrogen and oxygen atoms in total. The first-order valence-electron chi connectivity index (χ1n) is 8.48. The lowest BCUT2D eigenvalue weighted by Crippen LogP contribution is -2.47. The van der Waals surface area contributed by atoms with Crippen molar-refractivity contribution in [3.63, 3.8) is 0 Å². The summed E-state index contributed by atoms with van der Waals surface area (Å²) in [6.45, 7) is 6.71. The Hall–Kier alpha value is -2.77. The molecule has 0 aliphatic carbocycles. The van der Waals surface area contributed by atoms with Gasteiger partial charge in [0.25, 0.3) is 0 Å². The summed E-state index contributed by atoms with van der Waals surface area (Å²) in [6.07, 6.45) is -0.663. The highest BCUT2D eigenvalue weighted by Crippen LogP contribution is 2.24. The minimum absolute atomic E-state index is 0.536. The van der Waals surface area contributed by atoms with Crippen LogP contribution in [0.15, 0.2) is 24.3 Å². The van der Waals surface area contributed by atoms with Crippen LogP contribution in [0.2, 0.25) is 0 Å². The van der Waals surface area contributed by atoms with Gasteiger partial charge in [0.2, 0.25) is 5.91 Å². The highest BCUT2D eigenvalue weighted by molar-refractivity contribution is 5.90. The standard InChI is InChI=1S/C19H28N2O6/c1-12(17(23)26-7)20-16(22)15(13-8-10-14(25-6)11-9-13)21(5)18(24)27-19(2,3)4/h8-12,15H,1-7H3,(H,20,22). The molecule has 2 unspecified atom stereocenters. The van der Waals surface area contributed by atoms with Crippen molar-refractivity contribution in [2.24, 2.45) is 0 Å². The SMILES string of the molecule is COC(=O)C(C)NC(=O)C(c1ccc(OC)cc1)N(C)C(=O)OC(C)(C)C. The van der Waals surface area contributed by atoms with E-state index in [1.54, 1.807) is 45.0 Å². The van der Waals surface area contributed by atoms with Crippen LogP contribution in [0.3, 0.4) is 0 Å². The number of carbonyl (C=O) groups is 3. The molecule has 2 amide bonds. The second-order valence-corrected chi connectivity index (χ2v) is 7.02. The van der Waals surface area contributed by atoms with Gasteiger partial charge in [-0.3, -0.25) is 9.69 Å². The summed E-state index contributed by atoms with van der Waals surface area (Å²) in [4.78, 5) is 38.1. The Morgan fingerprint density at radius 1 is 1.07 bits per heavy atom. The fraction of sp³-hybridized carbons (Fsp3) is 0.526. The summed E-state index contributed by atoms with van der Waals surface area (Å²) >= 11 is 0. The van der Waals surface area contributed by atoms with E-state index in [0.29, 0.717) is 11.3 Å². The lowest BCUT2D eigenvalue weighted by molar-refractivity contribution is -0.145. The smallest absolute Gasteiger partial charge is 0.410 e. The van der Waals surface area contributed by atoms with Crippen LogP contribution in [0.1, 0.15) is 39.3 Å². The fourth-order valence-corrected chi connectivity index (χ4v) is 2.30. The van der Waals surface area contributed by atoms with E-state index in [1.165, 1.54) is 33.1 Å². The van der Waals surface area contributed by atoms with E-state index in [1.807, 2.05) is 0 Å². The summed E-state index contributed by atoms with van der Waals surface area (Å²) in [5.74, 6) is -0.510. The van der Waals surface area contributed by atoms with Crippen LogP contribution in [-0.4, -0.2) is 55.8 Å². The molecule has 1 N–H and O–H groups in total. The third-order valence-electron chi connectivity index (χ3n) is 3.66. The molecule has 8 heteroatoms. The molecular formula is C19H28N2O6. The van der Waals surface area contributed by atoms with E-state index in [9.17, 15) is 14.4 Å². The van der Waals surface area contributed by atoms with Crippen molar-refractivity contribution in [3.05, 3.63) is 29.8 Å². The van der Waals surface area contributed by atoms with Gasteiger partial charge >= 0.3 is 12.1 Å². The van der Waals surface area contributed by atoms with Crippen molar-refractivity contribution in [1.82, 2.24) is 10.2 Å². The molecule has 1 aromatic rings. The molecule has 0 aliphatic rings. The number of hydrogen-bond acceptors (Lipinski definition) is 6. The Balaban J connectivity index is 3.16. The van der Waals surface area contributed by atoms with E-state index < -0.39 is 35.7 Å². The summed E-state index contributed by atoms with van der Waals surface area (Å²) < 4.78 is 15.1. The third kappa shape index (κ3) is 6.47. The molecule has 0 aliphatic heterocycles. The Morgan fingerprint density at radius 3 is 2.07 bits per heavy atom. The molecule has 0 saturated heterocycles. The normalized spacial score (nSPS) is 13.1. The number of amides is 2. The van der Waals surface area contributed by atoms with E-state index in [0.717, 1.165) is 0 Å². The van der Waals surface area contributed by atoms with Gasteiger partial charge in [-0.25, -0.2) is 9.59 Å². The minimum Gasteiger partial charge on any atom is -0.497 e. The molecule has 150 valence electrons. The van der Waals surface area contributed by atoms with Gasteiger partial charge in [0.05, 0.1) is 14.2 Å². The second kappa shape index (κ2) is 9.25. The molecular weight excluding hydrogens is 352 g/mol. The lowest BCUT2D eigenvalue weighted by Gasteiger charge is -2.30. The second-order valence-electron chi connectivity index (χ2n) is 7.02. The molecule has 0 fully saturated rings. The van der Waals surface area contributed by atoms with E-state index >= 15 is 0 Å². The van der Waals surface area contributed by atoms with Crippen LogP contribution in [-0.2, 0) is 19.1 Å². The maximum absolute atomic E-state index is 12.8. The first kappa shape index (κ1) is 22.3. The van der Waals surface area contributed by atoms with Gasteiger partial charge in [-0.05, 0) is 45.4 Å². The van der Waals surface area contributed by atoms with Gasteiger partial charge in [-0.2, -0.15) is 0 Å². The van der Waals surface area contributed by atoms with Gasteiger partial charge in [0.1, 0.15) is 23.4 Å². The van der Waals surface area contributed by atoms with Gasteiger partial charge in [0, 0.05) is 7.05 Å². The van der Waals surface area contributed by atoms with Crippen LogP contribution in [0.5, 0.6) is 5.75 Å². The van der Waals surface area contributed by atoms with Gasteiger partial charge in [-0.1, -0.05) is 12.1 Å². The van der Waals surface area contributed by atoms with Crippen LogP contribution in [0.4, 0.5) is 4.79 Å². The predicted molar refractivity (Wildman–Crippen MR) is 99.4 cm³/mol. The number of carbonyl (C=O) groups excluding carboxylic acids is 3. The number of ether oxygens (including phenoxy) is 3. The number of nitrogens with one attached hydrogen (secondary N) is 1. The molecule has 27 heavy (non-hydrogen) atoms. The molecule has 1 aromatic carbocycles. The highest BCUT2D eigenvalue weighted by atomic mass is 16.6. The summed E-state index contributed by atoms with van der Waals surface area (Å²) in [7, 11) is 4.23. The fourth-order valence-electron chi connectivity index (χ4n) is 2.30. The molecule has 0 spiro atoms. The van der Waals surface area contributed by atoms with Gasteiger partial charge < -0.3 is 19.5 Å². The number of nitrogens with zero attached hydrogens (tertiary/aromatic N) is 1. The number of esters is 1. The predicted octanol–water partition coefficient (Wildman–Crippen LogP) is 2.28. The van der Waals surface area contributed by atoms with Crippen molar-refractivity contribution < 1.29 is 28.6 Å². The Kier molecular flexibility index (Phi) is 7.63. The zero-order valence-electron chi connectivity index (χ0n) is 16.9. The first-order chi connectivity index (χ1) is 12.5. The first-order valence-corrected chi connectivity index (χ1v) is 8.48. The van der Waals surface area contributed by atoms with Gasteiger partial charge in [0.15, 0.2) is 0 Å². The van der Waals surface area contributed by atoms with Crippen molar-refractivity contribution in [1.29, 1.82) is 0 Å². The van der Waals surface area contributed by atoms with E-state index in [-0.39, 0.29) is 0 Å². The number of benzene rings is 1. The lowest BCUT2D eigenvalue weighted by atomic mass is 10.0. The highest BCUT2D eigenvalue weighted by Gasteiger charge is 2.33. The summed E-state index contributed by atoms with van der Waals surface area (Å²) in [5, 5.41) is 2.56. The Morgan fingerprint density at radius 2 is 1.63 bits per heavy atom. The Labute approximate surface area is 159 Å². The number of likely N-dealkylation sites (N-methyl/N-ethyl adjacent to an activating group) is 1. The van der Waals surface area contributed by atoms with Crippen LogP contribution in [0, 0.1) is 0 Å². The zero-order chi connectivity index (χ0) is 20.8. The van der Waals surface area contributed by atoms with Crippen LogP contribution in [0.25, 0.3) is 0 Å². The monoisotopic (exact) mass is 380 g/mol. The number of rotatable bonds is 6. The number of methoxy groups -OCH3 is 2. The zero-order valence-corrected chi connectivity index (χ0v) is 16.9. The van der Waals surface area contributed by atoms with Crippen molar-refractivity contribution in [2.45, 2.75) is 45.4 Å². The minimum atomic E-state index is -1.00. The average molecular weight is 380 g/mol. The van der Waals surface area contributed by atoms with Crippen molar-refractivity contribution in [3.8, 4) is 5.75 Å². The topological polar surface area (TPSA) is 94.2 Å². The third-order valence-corrected chi connectivity index (χ3v) is 3.66. The molecule has 1 rings (SSSR count). The summed E-state index contributed by atoms with van der Waals surface area (Å²) in [6, 6.07) is 4.84. The van der Waals surface area contributed by atoms with Crippen LogP contribution < -0.4 is 10.1 Å². The molecule has 0 saturated carbocycles. The van der Waals surface area contributed by atoms with E-state index in [4.69, 9.17) is 9.47 Å². The van der Waals surface area contributed by atoms with Crippen LogP contribution >= 0.6 is 0 Å². The Bertz CT molecular complexity index is 666. The number of hydrogen-bond donors (Lipinski definition) is 1. The molecule has 0 radical (unpaired) electrons. The van der Waals surface area contributed by atoms with Gasteiger partial charge in [-0.15, -0.1) is 0 Å². The maximum atomic E-state index is 12.8.